The van der Waals surface area contributed by atoms with Gasteiger partial charge in [-0.2, -0.15) is 5.10 Å². The number of ether oxygens (including phenoxy) is 3. The molecule has 2 aromatic carbocycles. The molecule has 0 amide bonds. The molecule has 7 nitrogen and oxygen atoms in total. The number of hydrogen-bond donors (Lipinski definition) is 1. The van der Waals surface area contributed by atoms with E-state index in [0.29, 0.717) is 55.9 Å². The van der Waals surface area contributed by atoms with Crippen molar-refractivity contribution < 1.29 is 28.1 Å². The van der Waals surface area contributed by atoms with E-state index >= 15 is 0 Å². The zero-order valence-corrected chi connectivity index (χ0v) is 21.3. The van der Waals surface area contributed by atoms with E-state index in [9.17, 15) is 13.9 Å². The molecule has 1 N–H and O–H groups in total. The fourth-order valence-corrected chi connectivity index (χ4v) is 3.78. The SMILES string of the molecule is COCCN(Cc1c(-c2ccccc2)nn(C)c1Oc1ccc(F)cc1F)C[C@@H](O)COCC(C)C. The number of rotatable bonds is 14. The van der Waals surface area contributed by atoms with Crippen LogP contribution in [0, 0.1) is 17.6 Å². The van der Waals surface area contributed by atoms with Crippen LogP contribution in [0.5, 0.6) is 11.6 Å². The standard InChI is InChI=1S/C27H35F2N3O4/c1-19(2)17-35-18-22(33)15-32(12-13-34-4)16-23-26(20-8-6-5-7-9-20)30-31(3)27(23)36-25-11-10-21(28)14-24(25)29/h5-11,14,19,22,33H,12-13,15-18H2,1-4H3/t22-/m1/s1. The first-order valence-corrected chi connectivity index (χ1v) is 12.0. The van der Waals surface area contributed by atoms with Crippen LogP contribution >= 0.6 is 0 Å². The van der Waals surface area contributed by atoms with E-state index in [2.05, 4.69) is 18.9 Å². The van der Waals surface area contributed by atoms with Crippen LogP contribution in [-0.2, 0) is 23.1 Å². The van der Waals surface area contributed by atoms with Gasteiger partial charge in [0.05, 0.1) is 24.9 Å². The number of hydrogen-bond acceptors (Lipinski definition) is 6. The van der Waals surface area contributed by atoms with Crippen LogP contribution in [-0.4, -0.2) is 65.9 Å². The summed E-state index contributed by atoms with van der Waals surface area (Å²) in [4.78, 5) is 2.02. The van der Waals surface area contributed by atoms with Crippen LogP contribution < -0.4 is 4.74 Å². The number of benzene rings is 2. The predicted molar refractivity (Wildman–Crippen MR) is 134 cm³/mol. The van der Waals surface area contributed by atoms with Gasteiger partial charge in [-0.1, -0.05) is 44.2 Å². The lowest BCUT2D eigenvalue weighted by Crippen LogP contribution is -2.37. The van der Waals surface area contributed by atoms with E-state index in [1.54, 1.807) is 14.2 Å². The Morgan fingerprint density at radius 3 is 2.50 bits per heavy atom. The quantitative estimate of drug-likeness (QED) is 0.346. The second-order valence-corrected chi connectivity index (χ2v) is 9.11. The third kappa shape index (κ3) is 7.83. The summed E-state index contributed by atoms with van der Waals surface area (Å²) < 4.78 is 46.3. The Kier molecular flexibility index (Phi) is 10.4. The minimum Gasteiger partial charge on any atom is -0.436 e. The van der Waals surface area contributed by atoms with Crippen molar-refractivity contribution in [1.29, 1.82) is 0 Å². The maximum absolute atomic E-state index is 14.4. The lowest BCUT2D eigenvalue weighted by Gasteiger charge is -2.25. The molecular formula is C27H35F2N3O4. The van der Waals surface area contributed by atoms with Crippen molar-refractivity contribution in [2.45, 2.75) is 26.5 Å². The molecule has 0 bridgehead atoms. The number of aliphatic hydroxyl groups excluding tert-OH is 1. The zero-order valence-electron chi connectivity index (χ0n) is 21.3. The average Bonchev–Trinajstić information content (AvgIpc) is 3.14. The van der Waals surface area contributed by atoms with Crippen molar-refractivity contribution in [3.63, 3.8) is 0 Å². The Labute approximate surface area is 211 Å². The smallest absolute Gasteiger partial charge is 0.222 e. The fraction of sp³-hybridized carbons (Fsp3) is 0.444. The molecule has 0 aliphatic heterocycles. The number of aromatic nitrogens is 2. The third-order valence-corrected chi connectivity index (χ3v) is 5.46. The van der Waals surface area contributed by atoms with Gasteiger partial charge in [-0.05, 0) is 18.1 Å². The molecule has 0 unspecified atom stereocenters. The largest absolute Gasteiger partial charge is 0.436 e. The van der Waals surface area contributed by atoms with Gasteiger partial charge in [0.1, 0.15) is 11.5 Å². The van der Waals surface area contributed by atoms with Crippen LogP contribution in [0.2, 0.25) is 0 Å². The minimum atomic E-state index is -0.808. The van der Waals surface area contributed by atoms with Crippen molar-refractivity contribution in [2.75, 3.05) is 40.0 Å². The first kappa shape index (κ1) is 27.7. The summed E-state index contributed by atoms with van der Waals surface area (Å²) in [6.07, 6.45) is -0.712. The summed E-state index contributed by atoms with van der Waals surface area (Å²) in [5, 5.41) is 15.3. The molecule has 0 saturated heterocycles. The maximum atomic E-state index is 14.4. The predicted octanol–water partition coefficient (Wildman–Crippen LogP) is 4.64. The van der Waals surface area contributed by atoms with Crippen LogP contribution in [0.25, 0.3) is 11.3 Å². The number of methoxy groups -OCH3 is 1. The number of halogens is 2. The molecule has 9 heteroatoms. The molecule has 1 heterocycles. The average molecular weight is 504 g/mol. The molecular weight excluding hydrogens is 468 g/mol. The van der Waals surface area contributed by atoms with E-state index in [4.69, 9.17) is 14.2 Å². The molecule has 1 atom stereocenters. The molecule has 0 aliphatic carbocycles. The van der Waals surface area contributed by atoms with Crippen LogP contribution in [0.4, 0.5) is 8.78 Å². The molecule has 36 heavy (non-hydrogen) atoms. The highest BCUT2D eigenvalue weighted by Gasteiger charge is 2.24. The number of nitrogens with zero attached hydrogens (tertiary/aromatic N) is 3. The molecule has 0 fully saturated rings. The van der Waals surface area contributed by atoms with E-state index in [1.807, 2.05) is 35.2 Å². The van der Waals surface area contributed by atoms with Crippen LogP contribution in [0.15, 0.2) is 48.5 Å². The molecule has 196 valence electrons. The fourth-order valence-electron chi connectivity index (χ4n) is 3.78. The van der Waals surface area contributed by atoms with Crippen LogP contribution in [0.1, 0.15) is 19.4 Å². The minimum absolute atomic E-state index is 0.106. The van der Waals surface area contributed by atoms with Gasteiger partial charge >= 0.3 is 0 Å². The summed E-state index contributed by atoms with van der Waals surface area (Å²) >= 11 is 0. The van der Waals surface area contributed by atoms with Gasteiger partial charge in [0.25, 0.3) is 0 Å². The van der Waals surface area contributed by atoms with Gasteiger partial charge < -0.3 is 19.3 Å². The summed E-state index contributed by atoms with van der Waals surface area (Å²) in [5.74, 6) is -0.901. The Balaban J connectivity index is 1.93. The highest BCUT2D eigenvalue weighted by molar-refractivity contribution is 5.65. The van der Waals surface area contributed by atoms with Crippen molar-refractivity contribution >= 4 is 0 Å². The van der Waals surface area contributed by atoms with E-state index in [-0.39, 0.29) is 12.4 Å². The third-order valence-electron chi connectivity index (χ3n) is 5.46. The topological polar surface area (TPSA) is 69.0 Å². The lowest BCUT2D eigenvalue weighted by atomic mass is 10.1. The molecule has 1 aromatic heterocycles. The van der Waals surface area contributed by atoms with E-state index < -0.39 is 17.7 Å². The summed E-state index contributed by atoms with van der Waals surface area (Å²) in [5.41, 5.74) is 2.24. The Hall–Kier alpha value is -2.85. The van der Waals surface area contributed by atoms with Gasteiger partial charge in [0.2, 0.25) is 5.88 Å². The maximum Gasteiger partial charge on any atom is 0.222 e. The molecule has 0 spiro atoms. The Morgan fingerprint density at radius 2 is 1.83 bits per heavy atom. The van der Waals surface area contributed by atoms with Crippen molar-refractivity contribution in [3.8, 4) is 22.9 Å². The second kappa shape index (κ2) is 13.5. The summed E-state index contributed by atoms with van der Waals surface area (Å²) in [7, 11) is 3.33. The first-order valence-electron chi connectivity index (χ1n) is 12.0. The van der Waals surface area contributed by atoms with E-state index in [0.717, 1.165) is 17.7 Å². The summed E-state index contributed by atoms with van der Waals surface area (Å²) in [6, 6.07) is 12.8. The number of aliphatic hydroxyl groups is 1. The Morgan fingerprint density at radius 1 is 1.08 bits per heavy atom. The highest BCUT2D eigenvalue weighted by atomic mass is 19.1. The zero-order chi connectivity index (χ0) is 26.1. The van der Waals surface area contributed by atoms with Crippen LogP contribution in [0.3, 0.4) is 0 Å². The van der Waals surface area contributed by atoms with Gasteiger partial charge in [-0.15, -0.1) is 0 Å². The molecule has 3 aromatic rings. The highest BCUT2D eigenvalue weighted by Crippen LogP contribution is 2.35. The first-order chi connectivity index (χ1) is 17.3. The lowest BCUT2D eigenvalue weighted by molar-refractivity contribution is 0.00329. The van der Waals surface area contributed by atoms with Gasteiger partial charge in [-0.25, -0.2) is 13.5 Å². The van der Waals surface area contributed by atoms with Gasteiger partial charge in [0.15, 0.2) is 11.6 Å². The van der Waals surface area contributed by atoms with Crippen molar-refractivity contribution in [1.82, 2.24) is 14.7 Å². The Bertz CT molecular complexity index is 1090. The molecule has 0 radical (unpaired) electrons. The molecule has 3 rings (SSSR count). The molecule has 0 saturated carbocycles. The van der Waals surface area contributed by atoms with Gasteiger partial charge in [-0.3, -0.25) is 4.90 Å². The molecule has 0 aliphatic rings. The van der Waals surface area contributed by atoms with E-state index in [1.165, 1.54) is 10.7 Å². The monoisotopic (exact) mass is 503 g/mol. The van der Waals surface area contributed by atoms with Crippen molar-refractivity contribution in [2.24, 2.45) is 13.0 Å². The van der Waals surface area contributed by atoms with Crippen molar-refractivity contribution in [3.05, 3.63) is 65.7 Å². The number of aryl methyl sites for hydroxylation is 1. The second-order valence-electron chi connectivity index (χ2n) is 9.11. The summed E-state index contributed by atoms with van der Waals surface area (Å²) in [6.45, 7) is 6.54. The van der Waals surface area contributed by atoms with Gasteiger partial charge in [0, 0.05) is 52.0 Å². The normalized spacial score (nSPS) is 12.5.